The van der Waals surface area contributed by atoms with Crippen molar-refractivity contribution in [3.8, 4) is 11.6 Å². The highest BCUT2D eigenvalue weighted by atomic mass is 16.5. The summed E-state index contributed by atoms with van der Waals surface area (Å²) in [5.41, 5.74) is 1.31. The third-order valence-electron chi connectivity index (χ3n) is 4.45. The number of benzene rings is 1. The third-order valence-corrected chi connectivity index (χ3v) is 4.45. The highest BCUT2D eigenvalue weighted by Gasteiger charge is 2.20. The molecule has 0 amide bonds. The van der Waals surface area contributed by atoms with Crippen molar-refractivity contribution in [2.75, 3.05) is 38.2 Å². The molecule has 1 fully saturated rings. The first-order valence-corrected chi connectivity index (χ1v) is 9.23. The average molecular weight is 356 g/mol. The van der Waals surface area contributed by atoms with Crippen LogP contribution in [0.5, 0.6) is 11.6 Å². The number of ether oxygens (including phenoxy) is 2. The van der Waals surface area contributed by atoms with E-state index < -0.39 is 0 Å². The first-order valence-electron chi connectivity index (χ1n) is 9.23. The van der Waals surface area contributed by atoms with Crippen molar-refractivity contribution in [2.24, 2.45) is 0 Å². The van der Waals surface area contributed by atoms with Gasteiger partial charge in [-0.25, -0.2) is 9.97 Å². The van der Waals surface area contributed by atoms with Crippen LogP contribution in [-0.2, 0) is 6.54 Å². The van der Waals surface area contributed by atoms with Crippen LogP contribution in [0.1, 0.15) is 25.8 Å². The van der Waals surface area contributed by atoms with Crippen molar-refractivity contribution < 1.29 is 9.47 Å². The zero-order valence-electron chi connectivity index (χ0n) is 15.9. The molecule has 1 saturated heterocycles. The Hall–Kier alpha value is -2.34. The Kier molecular flexibility index (Phi) is 6.28. The SMILES string of the molecule is COc1ccc(CN2CCCN(c3nccnc3OC(C)C)CC2)cc1. The second-order valence-electron chi connectivity index (χ2n) is 6.82. The fourth-order valence-corrected chi connectivity index (χ4v) is 3.17. The fraction of sp³-hybridized carbons (Fsp3) is 0.500. The monoisotopic (exact) mass is 356 g/mol. The van der Waals surface area contributed by atoms with E-state index in [0.717, 1.165) is 50.7 Å². The van der Waals surface area contributed by atoms with Gasteiger partial charge < -0.3 is 14.4 Å². The highest BCUT2D eigenvalue weighted by molar-refractivity contribution is 5.48. The van der Waals surface area contributed by atoms with Crippen molar-refractivity contribution in [1.29, 1.82) is 0 Å². The van der Waals surface area contributed by atoms with Gasteiger partial charge in [0, 0.05) is 45.1 Å². The second kappa shape index (κ2) is 8.85. The van der Waals surface area contributed by atoms with Crippen LogP contribution in [0.25, 0.3) is 0 Å². The van der Waals surface area contributed by atoms with Crippen LogP contribution in [0.4, 0.5) is 5.82 Å². The molecule has 0 radical (unpaired) electrons. The Labute approximate surface area is 155 Å². The maximum atomic E-state index is 5.84. The van der Waals surface area contributed by atoms with Gasteiger partial charge in [-0.05, 0) is 38.0 Å². The fourth-order valence-electron chi connectivity index (χ4n) is 3.17. The number of hydrogen-bond acceptors (Lipinski definition) is 6. The molecule has 0 spiro atoms. The standard InChI is InChI=1S/C20H28N4O2/c1-16(2)26-20-19(21-9-10-22-20)24-12-4-11-23(13-14-24)15-17-5-7-18(25-3)8-6-17/h5-10,16H,4,11-15H2,1-3H3. The molecule has 0 N–H and O–H groups in total. The number of hydrogen-bond donors (Lipinski definition) is 0. The molecule has 1 aromatic carbocycles. The third kappa shape index (κ3) is 4.85. The average Bonchev–Trinajstić information content (AvgIpc) is 2.88. The summed E-state index contributed by atoms with van der Waals surface area (Å²) in [6.45, 7) is 8.92. The Bertz CT molecular complexity index is 690. The predicted octanol–water partition coefficient (Wildman–Crippen LogP) is 2.98. The normalized spacial score (nSPS) is 15.8. The van der Waals surface area contributed by atoms with E-state index in [1.54, 1.807) is 19.5 Å². The molecule has 6 heteroatoms. The van der Waals surface area contributed by atoms with Crippen LogP contribution in [0, 0.1) is 0 Å². The summed E-state index contributed by atoms with van der Waals surface area (Å²) in [5.74, 6) is 2.38. The Morgan fingerprint density at radius 1 is 1.00 bits per heavy atom. The predicted molar refractivity (Wildman–Crippen MR) is 103 cm³/mol. The summed E-state index contributed by atoms with van der Waals surface area (Å²) in [5, 5.41) is 0. The first-order chi connectivity index (χ1) is 12.7. The molecule has 2 heterocycles. The topological polar surface area (TPSA) is 50.7 Å². The van der Waals surface area contributed by atoms with Crippen molar-refractivity contribution in [3.05, 3.63) is 42.2 Å². The molecule has 3 rings (SSSR count). The van der Waals surface area contributed by atoms with Gasteiger partial charge in [0.25, 0.3) is 5.88 Å². The first kappa shape index (κ1) is 18.5. The Morgan fingerprint density at radius 2 is 1.77 bits per heavy atom. The molecule has 0 aliphatic carbocycles. The van der Waals surface area contributed by atoms with E-state index in [4.69, 9.17) is 9.47 Å². The van der Waals surface area contributed by atoms with E-state index in [1.807, 2.05) is 26.0 Å². The molecule has 1 aliphatic heterocycles. The lowest BCUT2D eigenvalue weighted by molar-refractivity contribution is 0.232. The van der Waals surface area contributed by atoms with E-state index in [9.17, 15) is 0 Å². The molecule has 0 atom stereocenters. The molecule has 26 heavy (non-hydrogen) atoms. The second-order valence-corrected chi connectivity index (χ2v) is 6.82. The molecular formula is C20H28N4O2. The van der Waals surface area contributed by atoms with Crippen LogP contribution in [0.2, 0.25) is 0 Å². The Morgan fingerprint density at radius 3 is 2.50 bits per heavy atom. The lowest BCUT2D eigenvalue weighted by Crippen LogP contribution is -2.31. The van der Waals surface area contributed by atoms with Gasteiger partial charge >= 0.3 is 0 Å². The van der Waals surface area contributed by atoms with Crippen molar-refractivity contribution >= 4 is 5.82 Å². The summed E-state index contributed by atoms with van der Waals surface area (Å²) in [6.07, 6.45) is 4.61. The van der Waals surface area contributed by atoms with Crippen LogP contribution >= 0.6 is 0 Å². The minimum atomic E-state index is 0.0870. The van der Waals surface area contributed by atoms with Crippen molar-refractivity contribution in [2.45, 2.75) is 32.9 Å². The number of methoxy groups -OCH3 is 1. The molecular weight excluding hydrogens is 328 g/mol. The zero-order chi connectivity index (χ0) is 18.4. The van der Waals surface area contributed by atoms with E-state index in [-0.39, 0.29) is 6.10 Å². The largest absolute Gasteiger partial charge is 0.497 e. The molecule has 1 aromatic heterocycles. The number of nitrogens with zero attached hydrogens (tertiary/aromatic N) is 4. The van der Waals surface area contributed by atoms with E-state index in [1.165, 1.54) is 5.56 Å². The smallest absolute Gasteiger partial charge is 0.257 e. The molecule has 1 aliphatic rings. The van der Waals surface area contributed by atoms with Gasteiger partial charge in [-0.1, -0.05) is 12.1 Å². The highest BCUT2D eigenvalue weighted by Crippen LogP contribution is 2.25. The summed E-state index contributed by atoms with van der Waals surface area (Å²) < 4.78 is 11.1. The van der Waals surface area contributed by atoms with Gasteiger partial charge in [0.1, 0.15) is 5.75 Å². The maximum absolute atomic E-state index is 5.84. The molecule has 0 bridgehead atoms. The molecule has 0 unspecified atom stereocenters. The minimum Gasteiger partial charge on any atom is -0.497 e. The summed E-state index contributed by atoms with van der Waals surface area (Å²) in [4.78, 5) is 13.7. The lowest BCUT2D eigenvalue weighted by Gasteiger charge is -2.24. The summed E-state index contributed by atoms with van der Waals surface area (Å²) in [6, 6.07) is 8.32. The molecule has 6 nitrogen and oxygen atoms in total. The maximum Gasteiger partial charge on any atom is 0.257 e. The number of rotatable bonds is 6. The van der Waals surface area contributed by atoms with Crippen LogP contribution in [0.15, 0.2) is 36.7 Å². The quantitative estimate of drug-likeness (QED) is 0.793. The Balaban J connectivity index is 1.63. The van der Waals surface area contributed by atoms with E-state index in [0.29, 0.717) is 5.88 Å². The van der Waals surface area contributed by atoms with Gasteiger partial charge in [-0.2, -0.15) is 0 Å². The summed E-state index contributed by atoms with van der Waals surface area (Å²) in [7, 11) is 1.70. The zero-order valence-corrected chi connectivity index (χ0v) is 15.9. The summed E-state index contributed by atoms with van der Waals surface area (Å²) >= 11 is 0. The van der Waals surface area contributed by atoms with Crippen molar-refractivity contribution in [3.63, 3.8) is 0 Å². The van der Waals surface area contributed by atoms with Gasteiger partial charge in [0.2, 0.25) is 0 Å². The molecule has 2 aromatic rings. The molecule has 0 saturated carbocycles. The van der Waals surface area contributed by atoms with Crippen molar-refractivity contribution in [1.82, 2.24) is 14.9 Å². The number of aromatic nitrogens is 2. The van der Waals surface area contributed by atoms with Crippen LogP contribution < -0.4 is 14.4 Å². The minimum absolute atomic E-state index is 0.0870. The van der Waals surface area contributed by atoms with Gasteiger partial charge in [0.15, 0.2) is 5.82 Å². The number of anilines is 1. The van der Waals surface area contributed by atoms with Gasteiger partial charge in [-0.3, -0.25) is 4.90 Å². The van der Waals surface area contributed by atoms with Gasteiger partial charge in [0.05, 0.1) is 13.2 Å². The van der Waals surface area contributed by atoms with E-state index in [2.05, 4.69) is 31.9 Å². The van der Waals surface area contributed by atoms with Gasteiger partial charge in [-0.15, -0.1) is 0 Å². The molecule has 140 valence electrons. The lowest BCUT2D eigenvalue weighted by atomic mass is 10.2. The van der Waals surface area contributed by atoms with Crippen LogP contribution in [0.3, 0.4) is 0 Å². The van der Waals surface area contributed by atoms with Crippen LogP contribution in [-0.4, -0.2) is 54.3 Å². The van der Waals surface area contributed by atoms with E-state index >= 15 is 0 Å².